The van der Waals surface area contributed by atoms with Crippen molar-refractivity contribution in [1.82, 2.24) is 25.3 Å². The molecule has 1 aliphatic heterocycles. The molecule has 0 saturated carbocycles. The summed E-state index contributed by atoms with van der Waals surface area (Å²) >= 11 is 0. The van der Waals surface area contributed by atoms with E-state index in [4.69, 9.17) is 0 Å². The number of alkyl halides is 3. The predicted molar refractivity (Wildman–Crippen MR) is 90.1 cm³/mol. The monoisotopic (exact) mass is 385 g/mol. The van der Waals surface area contributed by atoms with E-state index in [0.29, 0.717) is 13.1 Å². The Hall–Kier alpha value is -2.46. The third-order valence-electron chi connectivity index (χ3n) is 4.35. The Morgan fingerprint density at radius 3 is 2.59 bits per heavy atom. The Bertz CT molecular complexity index is 786. The molecule has 1 aliphatic rings. The van der Waals surface area contributed by atoms with Gasteiger partial charge in [-0.2, -0.15) is 18.3 Å². The number of para-hydroxylation sites is 1. The molecule has 0 spiro atoms. The molecule has 10 heteroatoms. The van der Waals surface area contributed by atoms with Gasteiger partial charge in [0.1, 0.15) is 17.5 Å². The number of benzene rings is 1. The van der Waals surface area contributed by atoms with Crippen molar-refractivity contribution in [2.24, 2.45) is 0 Å². The minimum atomic E-state index is -4.46. The highest BCUT2D eigenvalue weighted by atomic mass is 19.4. The van der Waals surface area contributed by atoms with Gasteiger partial charge in [-0.1, -0.05) is 12.1 Å². The Morgan fingerprint density at radius 2 is 1.93 bits per heavy atom. The van der Waals surface area contributed by atoms with Gasteiger partial charge < -0.3 is 10.6 Å². The molecule has 1 unspecified atom stereocenters. The molecular weight excluding hydrogens is 366 g/mol. The fourth-order valence-corrected chi connectivity index (χ4v) is 2.94. The van der Waals surface area contributed by atoms with Crippen molar-refractivity contribution in [3.8, 4) is 5.69 Å². The van der Waals surface area contributed by atoms with Crippen molar-refractivity contribution in [2.45, 2.75) is 12.2 Å². The quantitative estimate of drug-likeness (QED) is 0.768. The zero-order valence-corrected chi connectivity index (χ0v) is 14.3. The molecule has 2 aromatic rings. The molecule has 0 radical (unpaired) electrons. The lowest BCUT2D eigenvalue weighted by Gasteiger charge is -2.35. The van der Waals surface area contributed by atoms with E-state index in [1.165, 1.54) is 40.0 Å². The summed E-state index contributed by atoms with van der Waals surface area (Å²) in [6.07, 6.45) is -3.08. The summed E-state index contributed by atoms with van der Waals surface area (Å²) < 4.78 is 55.0. The lowest BCUT2D eigenvalue weighted by molar-refractivity contribution is -0.183. The van der Waals surface area contributed by atoms with Gasteiger partial charge in [0.15, 0.2) is 5.69 Å². The molecule has 1 aromatic carbocycles. The largest absolute Gasteiger partial charge is 0.405 e. The molecule has 1 aromatic heterocycles. The zero-order chi connectivity index (χ0) is 19.4. The highest BCUT2D eigenvalue weighted by Gasteiger charge is 2.43. The van der Waals surface area contributed by atoms with E-state index in [0.717, 1.165) is 0 Å². The summed E-state index contributed by atoms with van der Waals surface area (Å²) in [5, 5.41) is 9.24. The topological polar surface area (TPSA) is 62.2 Å². The van der Waals surface area contributed by atoms with Crippen LogP contribution in [0.15, 0.2) is 36.5 Å². The maximum absolute atomic E-state index is 13.8. The fraction of sp³-hybridized carbons (Fsp3) is 0.412. The molecule has 6 nitrogen and oxygen atoms in total. The number of hydrogen-bond acceptors (Lipinski definition) is 4. The van der Waals surface area contributed by atoms with E-state index < -0.39 is 30.5 Å². The van der Waals surface area contributed by atoms with Gasteiger partial charge >= 0.3 is 6.18 Å². The minimum absolute atomic E-state index is 0.0838. The lowest BCUT2D eigenvalue weighted by atomic mass is 10.2. The van der Waals surface area contributed by atoms with Crippen molar-refractivity contribution < 1.29 is 22.4 Å². The number of piperazine rings is 1. The molecule has 146 valence electrons. The predicted octanol–water partition coefficient (Wildman–Crippen LogP) is 1.58. The van der Waals surface area contributed by atoms with E-state index in [1.54, 1.807) is 6.07 Å². The van der Waals surface area contributed by atoms with Crippen molar-refractivity contribution in [2.75, 3.05) is 32.7 Å². The normalized spacial score (nSPS) is 16.9. The Kier molecular flexibility index (Phi) is 5.76. The molecule has 0 aliphatic carbocycles. The van der Waals surface area contributed by atoms with Crippen LogP contribution in [0.25, 0.3) is 5.69 Å². The number of hydrogen-bond donors (Lipinski definition) is 2. The summed E-state index contributed by atoms with van der Waals surface area (Å²) in [6.45, 7) is 0.861. The van der Waals surface area contributed by atoms with Gasteiger partial charge in [0.2, 0.25) is 0 Å². The summed E-state index contributed by atoms with van der Waals surface area (Å²) in [5.41, 5.74) is 0.0602. The van der Waals surface area contributed by atoms with Crippen molar-refractivity contribution in [3.05, 3.63) is 48.0 Å². The molecule has 1 saturated heterocycles. The zero-order valence-electron chi connectivity index (χ0n) is 14.3. The lowest BCUT2D eigenvalue weighted by Crippen LogP contribution is -2.57. The van der Waals surface area contributed by atoms with E-state index >= 15 is 0 Å². The number of aromatic nitrogens is 2. The molecule has 27 heavy (non-hydrogen) atoms. The van der Waals surface area contributed by atoms with Crippen LogP contribution in [0.1, 0.15) is 10.5 Å². The van der Waals surface area contributed by atoms with E-state index in [1.807, 2.05) is 0 Å². The van der Waals surface area contributed by atoms with Crippen LogP contribution in [-0.2, 0) is 0 Å². The SMILES string of the molecule is O=C(NCC(N1CCNCC1)C(F)(F)F)c1ccn(-c2ccccc2F)n1. The second-order valence-electron chi connectivity index (χ2n) is 6.15. The maximum Gasteiger partial charge on any atom is 0.405 e. The van der Waals surface area contributed by atoms with E-state index in [-0.39, 0.29) is 24.5 Å². The molecule has 2 heterocycles. The fourth-order valence-electron chi connectivity index (χ4n) is 2.94. The van der Waals surface area contributed by atoms with Crippen LogP contribution < -0.4 is 10.6 Å². The summed E-state index contributed by atoms with van der Waals surface area (Å²) in [5.74, 6) is -1.27. The van der Waals surface area contributed by atoms with Crippen LogP contribution >= 0.6 is 0 Å². The Labute approximate surface area is 153 Å². The number of amides is 1. The van der Waals surface area contributed by atoms with Crippen LogP contribution in [0.2, 0.25) is 0 Å². The maximum atomic E-state index is 13.8. The summed E-state index contributed by atoms with van der Waals surface area (Å²) in [6, 6.07) is 5.42. The van der Waals surface area contributed by atoms with Gasteiger partial charge in [0.25, 0.3) is 5.91 Å². The third-order valence-corrected chi connectivity index (χ3v) is 4.35. The highest BCUT2D eigenvalue weighted by Crippen LogP contribution is 2.24. The number of nitrogens with zero attached hydrogens (tertiary/aromatic N) is 3. The van der Waals surface area contributed by atoms with Crippen molar-refractivity contribution in [1.29, 1.82) is 0 Å². The van der Waals surface area contributed by atoms with E-state index in [2.05, 4.69) is 15.7 Å². The first-order valence-corrected chi connectivity index (χ1v) is 8.46. The van der Waals surface area contributed by atoms with Crippen molar-refractivity contribution in [3.63, 3.8) is 0 Å². The number of rotatable bonds is 5. The van der Waals surface area contributed by atoms with Crippen LogP contribution in [0.5, 0.6) is 0 Å². The summed E-state index contributed by atoms with van der Waals surface area (Å²) in [4.78, 5) is 13.5. The minimum Gasteiger partial charge on any atom is -0.349 e. The number of carbonyl (C=O) groups excluding carboxylic acids is 1. The molecule has 1 amide bonds. The average Bonchev–Trinajstić information content (AvgIpc) is 3.12. The van der Waals surface area contributed by atoms with Gasteiger partial charge in [0.05, 0.1) is 0 Å². The van der Waals surface area contributed by atoms with Gasteiger partial charge in [-0.25, -0.2) is 9.07 Å². The standard InChI is InChI=1S/C17H19F4N5O/c18-12-3-1-2-4-14(12)26-8-5-13(24-26)16(27)23-11-15(17(19,20)21)25-9-6-22-7-10-25/h1-5,8,15,22H,6-7,9-11H2,(H,23,27). The Balaban J connectivity index is 1.67. The van der Waals surface area contributed by atoms with Crippen LogP contribution in [0.3, 0.4) is 0 Å². The number of halogens is 4. The van der Waals surface area contributed by atoms with Gasteiger partial charge in [-0.05, 0) is 18.2 Å². The molecule has 0 bridgehead atoms. The second-order valence-corrected chi connectivity index (χ2v) is 6.15. The van der Waals surface area contributed by atoms with Gasteiger partial charge in [-0.3, -0.25) is 9.69 Å². The number of carbonyl (C=O) groups is 1. The molecular formula is C17H19F4N5O. The molecule has 1 atom stereocenters. The van der Waals surface area contributed by atoms with E-state index in [9.17, 15) is 22.4 Å². The van der Waals surface area contributed by atoms with Gasteiger partial charge in [-0.15, -0.1) is 0 Å². The average molecular weight is 385 g/mol. The third kappa shape index (κ3) is 4.64. The number of nitrogens with one attached hydrogen (secondary N) is 2. The van der Waals surface area contributed by atoms with Crippen molar-refractivity contribution >= 4 is 5.91 Å². The van der Waals surface area contributed by atoms with Crippen LogP contribution in [-0.4, -0.2) is 65.5 Å². The summed E-state index contributed by atoms with van der Waals surface area (Å²) in [7, 11) is 0. The Morgan fingerprint density at radius 1 is 1.22 bits per heavy atom. The van der Waals surface area contributed by atoms with Gasteiger partial charge in [0, 0.05) is 38.9 Å². The smallest absolute Gasteiger partial charge is 0.349 e. The molecule has 1 fully saturated rings. The first-order chi connectivity index (χ1) is 12.9. The highest BCUT2D eigenvalue weighted by molar-refractivity contribution is 5.92. The first-order valence-electron chi connectivity index (χ1n) is 8.46. The van der Waals surface area contributed by atoms with Crippen LogP contribution in [0.4, 0.5) is 17.6 Å². The molecule has 3 rings (SSSR count). The second kappa shape index (κ2) is 8.05. The van der Waals surface area contributed by atoms with Crippen LogP contribution in [0, 0.1) is 5.82 Å². The molecule has 2 N–H and O–H groups in total. The first kappa shape index (κ1) is 19.3.